The van der Waals surface area contributed by atoms with Gasteiger partial charge < -0.3 is 9.47 Å². The van der Waals surface area contributed by atoms with E-state index >= 15 is 0 Å². The summed E-state index contributed by atoms with van der Waals surface area (Å²) in [7, 11) is 0. The Morgan fingerprint density at radius 3 is 1.83 bits per heavy atom. The second kappa shape index (κ2) is 10.8. The molecule has 0 radical (unpaired) electrons. The van der Waals surface area contributed by atoms with E-state index in [1.165, 1.54) is 65.9 Å². The van der Waals surface area contributed by atoms with Crippen LogP contribution in [0.2, 0.25) is 0 Å². The average Bonchev–Trinajstić information content (AvgIpc) is 3.46. The molecule has 9 aromatic rings. The summed E-state index contributed by atoms with van der Waals surface area (Å²) in [5.74, 6) is 0. The number of benzene rings is 8. The molecule has 0 spiro atoms. The van der Waals surface area contributed by atoms with Crippen LogP contribution in [0.3, 0.4) is 0 Å². The van der Waals surface area contributed by atoms with E-state index in [0.717, 1.165) is 11.4 Å². The van der Waals surface area contributed by atoms with Gasteiger partial charge in [0, 0.05) is 33.2 Å². The molecule has 0 bridgehead atoms. The first kappa shape index (κ1) is 26.3. The zero-order chi connectivity index (χ0) is 30.5. The van der Waals surface area contributed by atoms with Crippen molar-refractivity contribution in [3.05, 3.63) is 182 Å². The van der Waals surface area contributed by atoms with Crippen LogP contribution in [0, 0.1) is 0 Å². The Labute approximate surface area is 268 Å². The maximum atomic E-state index is 2.39. The highest BCUT2D eigenvalue weighted by Gasteiger charge is 2.16. The maximum Gasteiger partial charge on any atom is 0.0541 e. The minimum atomic E-state index is 1.13. The monoisotopic (exact) mass is 586 g/mol. The summed E-state index contributed by atoms with van der Waals surface area (Å²) in [6.45, 7) is 0. The van der Waals surface area contributed by atoms with Crippen LogP contribution in [0.1, 0.15) is 0 Å². The van der Waals surface area contributed by atoms with E-state index < -0.39 is 0 Å². The van der Waals surface area contributed by atoms with Crippen molar-refractivity contribution in [3.8, 4) is 16.8 Å². The smallest absolute Gasteiger partial charge is 0.0541 e. The number of hydrogen-bond acceptors (Lipinski definition) is 1. The molecule has 1 heterocycles. The first-order valence-corrected chi connectivity index (χ1v) is 15.8. The molecule has 0 amide bonds. The Bertz CT molecular complexity index is 2520. The molecule has 1 aromatic heterocycles. The van der Waals surface area contributed by atoms with Gasteiger partial charge in [-0.1, -0.05) is 121 Å². The second-order valence-corrected chi connectivity index (χ2v) is 11.8. The standard InChI is InChI=1S/C44H30N2/c1-2-15-36(16-3-1)45(42-20-10-14-33-12-6-7-17-39(33)42)37-25-21-32(22-26-37)35-24-28-44-41(30-35)40-18-8-9-19-43(40)46(44)38-27-23-31-11-4-5-13-34(31)29-38/h1-30H. The predicted octanol–water partition coefficient (Wildman–Crippen LogP) is 12.2. The van der Waals surface area contributed by atoms with Crippen molar-refractivity contribution in [2.24, 2.45) is 0 Å². The highest BCUT2D eigenvalue weighted by atomic mass is 15.1. The van der Waals surface area contributed by atoms with Gasteiger partial charge in [-0.3, -0.25) is 0 Å². The summed E-state index contributed by atoms with van der Waals surface area (Å²) in [5.41, 5.74) is 9.43. The van der Waals surface area contributed by atoms with Crippen molar-refractivity contribution in [2.45, 2.75) is 0 Å². The molecule has 8 aromatic carbocycles. The molecule has 0 saturated heterocycles. The van der Waals surface area contributed by atoms with Crippen LogP contribution < -0.4 is 4.90 Å². The molecule has 0 aliphatic heterocycles. The van der Waals surface area contributed by atoms with Crippen LogP contribution in [0.4, 0.5) is 17.1 Å². The third-order valence-electron chi connectivity index (χ3n) is 9.14. The van der Waals surface area contributed by atoms with Crippen LogP contribution in [0.25, 0.3) is 60.2 Å². The van der Waals surface area contributed by atoms with E-state index in [-0.39, 0.29) is 0 Å². The van der Waals surface area contributed by atoms with Gasteiger partial charge in [0.1, 0.15) is 0 Å². The molecule has 2 heteroatoms. The van der Waals surface area contributed by atoms with Crippen molar-refractivity contribution in [2.75, 3.05) is 4.90 Å². The zero-order valence-electron chi connectivity index (χ0n) is 25.2. The van der Waals surface area contributed by atoms with Gasteiger partial charge in [-0.15, -0.1) is 0 Å². The van der Waals surface area contributed by atoms with Crippen molar-refractivity contribution in [1.82, 2.24) is 4.57 Å². The van der Waals surface area contributed by atoms with Gasteiger partial charge in [0.2, 0.25) is 0 Å². The summed E-state index contributed by atoms with van der Waals surface area (Å²) in [6.07, 6.45) is 0. The molecule has 0 N–H and O–H groups in total. The molecule has 0 saturated carbocycles. The lowest BCUT2D eigenvalue weighted by Gasteiger charge is -2.27. The molecule has 0 aliphatic rings. The fourth-order valence-corrected chi connectivity index (χ4v) is 6.96. The SMILES string of the molecule is c1ccc(N(c2ccc(-c3ccc4c(c3)c3ccccc3n4-c3ccc4ccccc4c3)cc2)c2cccc3ccccc23)cc1. The molecule has 2 nitrogen and oxygen atoms in total. The quantitative estimate of drug-likeness (QED) is 0.195. The van der Waals surface area contributed by atoms with Crippen LogP contribution in [-0.4, -0.2) is 4.57 Å². The lowest BCUT2D eigenvalue weighted by atomic mass is 10.0. The minimum Gasteiger partial charge on any atom is -0.310 e. The van der Waals surface area contributed by atoms with E-state index in [0.29, 0.717) is 0 Å². The Kier molecular flexibility index (Phi) is 6.17. The van der Waals surface area contributed by atoms with Gasteiger partial charge in [0.15, 0.2) is 0 Å². The Hall–Kier alpha value is -6.12. The van der Waals surface area contributed by atoms with Crippen molar-refractivity contribution in [1.29, 1.82) is 0 Å². The fraction of sp³-hybridized carbons (Fsp3) is 0. The number of nitrogens with zero attached hydrogens (tertiary/aromatic N) is 2. The van der Waals surface area contributed by atoms with Gasteiger partial charge in [-0.05, 0) is 87.9 Å². The number of anilines is 3. The third kappa shape index (κ3) is 4.35. The summed E-state index contributed by atoms with van der Waals surface area (Å²) < 4.78 is 2.39. The zero-order valence-corrected chi connectivity index (χ0v) is 25.2. The molecule has 216 valence electrons. The molecular formula is C44H30N2. The highest BCUT2D eigenvalue weighted by molar-refractivity contribution is 6.10. The van der Waals surface area contributed by atoms with Crippen LogP contribution in [-0.2, 0) is 0 Å². The number of hydrogen-bond donors (Lipinski definition) is 0. The first-order valence-electron chi connectivity index (χ1n) is 15.8. The number of fused-ring (bicyclic) bond motifs is 5. The normalized spacial score (nSPS) is 11.5. The van der Waals surface area contributed by atoms with Gasteiger partial charge in [-0.2, -0.15) is 0 Å². The third-order valence-corrected chi connectivity index (χ3v) is 9.14. The molecule has 46 heavy (non-hydrogen) atoms. The van der Waals surface area contributed by atoms with E-state index in [1.54, 1.807) is 0 Å². The summed E-state index contributed by atoms with van der Waals surface area (Å²) >= 11 is 0. The van der Waals surface area contributed by atoms with Gasteiger partial charge in [0.05, 0.1) is 16.7 Å². The molecular weight excluding hydrogens is 556 g/mol. The van der Waals surface area contributed by atoms with Crippen LogP contribution in [0.5, 0.6) is 0 Å². The topological polar surface area (TPSA) is 8.17 Å². The van der Waals surface area contributed by atoms with E-state index in [4.69, 9.17) is 0 Å². The van der Waals surface area contributed by atoms with Gasteiger partial charge in [0.25, 0.3) is 0 Å². The van der Waals surface area contributed by atoms with Gasteiger partial charge in [-0.25, -0.2) is 0 Å². The summed E-state index contributed by atoms with van der Waals surface area (Å²) in [5, 5.41) is 7.47. The molecule has 0 atom stereocenters. The van der Waals surface area contributed by atoms with Crippen molar-refractivity contribution in [3.63, 3.8) is 0 Å². The molecule has 0 aliphatic carbocycles. The van der Waals surface area contributed by atoms with E-state index in [9.17, 15) is 0 Å². The Morgan fingerprint density at radius 2 is 0.978 bits per heavy atom. The number of rotatable bonds is 5. The number of para-hydroxylation sites is 2. The minimum absolute atomic E-state index is 1.13. The average molecular weight is 587 g/mol. The molecule has 9 rings (SSSR count). The Balaban J connectivity index is 1.15. The molecule has 0 unspecified atom stereocenters. The lowest BCUT2D eigenvalue weighted by Crippen LogP contribution is -2.10. The van der Waals surface area contributed by atoms with E-state index in [2.05, 4.69) is 191 Å². The van der Waals surface area contributed by atoms with Crippen molar-refractivity contribution >= 4 is 60.4 Å². The first-order chi connectivity index (χ1) is 22.8. The summed E-state index contributed by atoms with van der Waals surface area (Å²) in [4.78, 5) is 2.35. The maximum absolute atomic E-state index is 2.39. The van der Waals surface area contributed by atoms with Gasteiger partial charge >= 0.3 is 0 Å². The predicted molar refractivity (Wildman–Crippen MR) is 196 cm³/mol. The fourth-order valence-electron chi connectivity index (χ4n) is 6.96. The number of aromatic nitrogens is 1. The largest absolute Gasteiger partial charge is 0.310 e. The summed E-state index contributed by atoms with van der Waals surface area (Å²) in [6, 6.07) is 65.7. The van der Waals surface area contributed by atoms with Crippen molar-refractivity contribution < 1.29 is 0 Å². The van der Waals surface area contributed by atoms with E-state index in [1.807, 2.05) is 0 Å². The molecule has 0 fully saturated rings. The van der Waals surface area contributed by atoms with Crippen LogP contribution >= 0.6 is 0 Å². The lowest BCUT2D eigenvalue weighted by molar-refractivity contribution is 1.19. The second-order valence-electron chi connectivity index (χ2n) is 11.8. The Morgan fingerprint density at radius 1 is 0.348 bits per heavy atom. The highest BCUT2D eigenvalue weighted by Crippen LogP contribution is 2.40. The van der Waals surface area contributed by atoms with Crippen LogP contribution in [0.15, 0.2) is 182 Å².